The standard InChI is InChI=1S/C14H26N6/c1-5-12-17-13(10(3)14(18-12)19-15)16-8-9(2)20(4)11-6-7-11/h9,11H,5-8,15H2,1-4H3,(H2,16,17,18,19). The Bertz CT molecular complexity index is 457. The minimum absolute atomic E-state index is 0.483. The number of nitrogens with two attached hydrogens (primary N) is 1. The number of rotatable bonds is 7. The summed E-state index contributed by atoms with van der Waals surface area (Å²) in [5.41, 5.74) is 3.61. The minimum atomic E-state index is 0.483. The Morgan fingerprint density at radius 2 is 2.00 bits per heavy atom. The average molecular weight is 278 g/mol. The van der Waals surface area contributed by atoms with Crippen molar-refractivity contribution in [3.05, 3.63) is 11.4 Å². The third kappa shape index (κ3) is 3.37. The van der Waals surface area contributed by atoms with Crippen molar-refractivity contribution in [2.24, 2.45) is 5.84 Å². The fourth-order valence-electron chi connectivity index (χ4n) is 2.26. The summed E-state index contributed by atoms with van der Waals surface area (Å²) in [6.07, 6.45) is 3.45. The zero-order chi connectivity index (χ0) is 14.7. The second-order valence-electron chi connectivity index (χ2n) is 5.59. The molecule has 6 nitrogen and oxygen atoms in total. The van der Waals surface area contributed by atoms with Crippen molar-refractivity contribution in [2.45, 2.75) is 52.1 Å². The molecule has 0 aromatic carbocycles. The molecule has 1 aliphatic carbocycles. The molecule has 0 spiro atoms. The number of aromatic nitrogens is 2. The molecule has 1 heterocycles. The lowest BCUT2D eigenvalue weighted by atomic mass is 10.2. The molecule has 1 atom stereocenters. The maximum absolute atomic E-state index is 5.52. The number of nitrogens with zero attached hydrogens (tertiary/aromatic N) is 3. The van der Waals surface area contributed by atoms with E-state index in [1.807, 2.05) is 13.8 Å². The second-order valence-corrected chi connectivity index (χ2v) is 5.59. The fourth-order valence-corrected chi connectivity index (χ4v) is 2.26. The summed E-state index contributed by atoms with van der Waals surface area (Å²) in [7, 11) is 2.20. The molecular weight excluding hydrogens is 252 g/mol. The van der Waals surface area contributed by atoms with E-state index in [-0.39, 0.29) is 0 Å². The predicted molar refractivity (Wildman–Crippen MR) is 82.7 cm³/mol. The van der Waals surface area contributed by atoms with E-state index in [2.05, 4.69) is 39.6 Å². The van der Waals surface area contributed by atoms with E-state index in [0.29, 0.717) is 11.9 Å². The van der Waals surface area contributed by atoms with Gasteiger partial charge in [0, 0.05) is 30.6 Å². The Labute approximate surface area is 121 Å². The van der Waals surface area contributed by atoms with E-state index in [4.69, 9.17) is 5.84 Å². The lowest BCUT2D eigenvalue weighted by Gasteiger charge is -2.25. The van der Waals surface area contributed by atoms with Crippen LogP contribution in [0, 0.1) is 6.92 Å². The molecule has 6 heteroatoms. The molecule has 0 amide bonds. The Morgan fingerprint density at radius 1 is 1.35 bits per heavy atom. The summed E-state index contributed by atoms with van der Waals surface area (Å²) in [6.45, 7) is 7.13. The Kier molecular flexibility index (Phi) is 4.77. The monoisotopic (exact) mass is 278 g/mol. The van der Waals surface area contributed by atoms with Crippen LogP contribution >= 0.6 is 0 Å². The van der Waals surface area contributed by atoms with Crippen molar-refractivity contribution in [1.82, 2.24) is 14.9 Å². The van der Waals surface area contributed by atoms with E-state index < -0.39 is 0 Å². The Morgan fingerprint density at radius 3 is 2.55 bits per heavy atom. The highest BCUT2D eigenvalue weighted by molar-refractivity contribution is 5.56. The SMILES string of the molecule is CCc1nc(NN)c(C)c(NCC(C)N(C)C2CC2)n1. The van der Waals surface area contributed by atoms with Crippen LogP contribution in [-0.4, -0.2) is 40.5 Å². The molecule has 0 radical (unpaired) electrons. The molecule has 1 saturated carbocycles. The van der Waals surface area contributed by atoms with Gasteiger partial charge in [-0.25, -0.2) is 15.8 Å². The summed E-state index contributed by atoms with van der Waals surface area (Å²) in [6, 6.07) is 1.25. The highest BCUT2D eigenvalue weighted by atomic mass is 15.3. The van der Waals surface area contributed by atoms with Crippen LogP contribution in [0.4, 0.5) is 11.6 Å². The summed E-state index contributed by atoms with van der Waals surface area (Å²) in [4.78, 5) is 11.4. The van der Waals surface area contributed by atoms with Gasteiger partial charge in [0.2, 0.25) is 0 Å². The third-order valence-electron chi connectivity index (χ3n) is 4.03. The zero-order valence-electron chi connectivity index (χ0n) is 12.9. The molecule has 0 saturated heterocycles. The zero-order valence-corrected chi connectivity index (χ0v) is 12.9. The average Bonchev–Trinajstić information content (AvgIpc) is 3.29. The van der Waals surface area contributed by atoms with E-state index in [9.17, 15) is 0 Å². The van der Waals surface area contributed by atoms with Crippen LogP contribution in [0.25, 0.3) is 0 Å². The maximum Gasteiger partial charge on any atom is 0.148 e. The fraction of sp³-hybridized carbons (Fsp3) is 0.714. The molecule has 20 heavy (non-hydrogen) atoms. The first-order valence-electron chi connectivity index (χ1n) is 7.36. The van der Waals surface area contributed by atoms with Crippen LogP contribution in [0.5, 0.6) is 0 Å². The Hall–Kier alpha value is -1.40. The number of hydrogen-bond acceptors (Lipinski definition) is 6. The number of hydrogen-bond donors (Lipinski definition) is 3. The molecular formula is C14H26N6. The molecule has 1 unspecified atom stereocenters. The van der Waals surface area contributed by atoms with Crippen molar-refractivity contribution >= 4 is 11.6 Å². The largest absolute Gasteiger partial charge is 0.368 e. The van der Waals surface area contributed by atoms with Crippen LogP contribution in [0.3, 0.4) is 0 Å². The molecule has 1 aromatic rings. The number of aryl methyl sites for hydroxylation is 1. The van der Waals surface area contributed by atoms with Crippen LogP contribution in [-0.2, 0) is 6.42 Å². The molecule has 4 N–H and O–H groups in total. The first kappa shape index (κ1) is 15.0. The van der Waals surface area contributed by atoms with Gasteiger partial charge in [0.25, 0.3) is 0 Å². The number of hydrazine groups is 1. The van der Waals surface area contributed by atoms with Gasteiger partial charge in [-0.1, -0.05) is 6.92 Å². The highest BCUT2D eigenvalue weighted by Crippen LogP contribution is 2.27. The van der Waals surface area contributed by atoms with Gasteiger partial charge >= 0.3 is 0 Å². The number of nitrogens with one attached hydrogen (secondary N) is 2. The van der Waals surface area contributed by atoms with Crippen LogP contribution < -0.4 is 16.6 Å². The normalized spacial score (nSPS) is 16.3. The van der Waals surface area contributed by atoms with Gasteiger partial charge in [0.15, 0.2) is 0 Å². The minimum Gasteiger partial charge on any atom is -0.368 e. The molecule has 1 aliphatic rings. The highest BCUT2D eigenvalue weighted by Gasteiger charge is 2.29. The number of anilines is 2. The van der Waals surface area contributed by atoms with Crippen molar-refractivity contribution < 1.29 is 0 Å². The lowest BCUT2D eigenvalue weighted by molar-refractivity contribution is 0.257. The summed E-state index contributed by atoms with van der Waals surface area (Å²) >= 11 is 0. The van der Waals surface area contributed by atoms with E-state index in [1.165, 1.54) is 12.8 Å². The van der Waals surface area contributed by atoms with Crippen molar-refractivity contribution in [3.63, 3.8) is 0 Å². The van der Waals surface area contributed by atoms with Gasteiger partial charge < -0.3 is 10.7 Å². The predicted octanol–water partition coefficient (Wildman–Crippen LogP) is 1.53. The second kappa shape index (κ2) is 6.37. The molecule has 0 aliphatic heterocycles. The first-order valence-corrected chi connectivity index (χ1v) is 7.36. The first-order chi connectivity index (χ1) is 9.56. The van der Waals surface area contributed by atoms with Gasteiger partial charge in [-0.3, -0.25) is 4.90 Å². The van der Waals surface area contributed by atoms with Crippen LogP contribution in [0.15, 0.2) is 0 Å². The van der Waals surface area contributed by atoms with E-state index in [0.717, 1.165) is 36.2 Å². The number of nitrogen functional groups attached to an aromatic ring is 1. The van der Waals surface area contributed by atoms with E-state index >= 15 is 0 Å². The lowest BCUT2D eigenvalue weighted by Crippen LogP contribution is -2.36. The van der Waals surface area contributed by atoms with Crippen molar-refractivity contribution in [3.8, 4) is 0 Å². The summed E-state index contributed by atoms with van der Waals surface area (Å²) in [5.74, 6) is 7.89. The van der Waals surface area contributed by atoms with Gasteiger partial charge in [0.05, 0.1) is 0 Å². The molecule has 1 aromatic heterocycles. The molecule has 112 valence electrons. The van der Waals surface area contributed by atoms with Gasteiger partial charge in [-0.2, -0.15) is 0 Å². The van der Waals surface area contributed by atoms with Crippen LogP contribution in [0.2, 0.25) is 0 Å². The van der Waals surface area contributed by atoms with Gasteiger partial charge in [-0.05, 0) is 33.7 Å². The van der Waals surface area contributed by atoms with Gasteiger partial charge in [0.1, 0.15) is 17.5 Å². The summed E-state index contributed by atoms with van der Waals surface area (Å²) in [5, 5.41) is 3.44. The van der Waals surface area contributed by atoms with Gasteiger partial charge in [-0.15, -0.1) is 0 Å². The van der Waals surface area contributed by atoms with Crippen molar-refractivity contribution in [2.75, 3.05) is 24.3 Å². The van der Waals surface area contributed by atoms with E-state index in [1.54, 1.807) is 0 Å². The van der Waals surface area contributed by atoms with Crippen molar-refractivity contribution in [1.29, 1.82) is 0 Å². The topological polar surface area (TPSA) is 79.1 Å². The molecule has 2 rings (SSSR count). The quantitative estimate of drug-likeness (QED) is 0.518. The molecule has 1 fully saturated rings. The molecule has 0 bridgehead atoms. The Balaban J connectivity index is 2.04. The summed E-state index contributed by atoms with van der Waals surface area (Å²) < 4.78 is 0. The third-order valence-corrected chi connectivity index (χ3v) is 4.03. The van der Waals surface area contributed by atoms with Crippen LogP contribution in [0.1, 0.15) is 38.1 Å². The smallest absolute Gasteiger partial charge is 0.148 e. The maximum atomic E-state index is 5.52. The number of likely N-dealkylation sites (N-methyl/N-ethyl adjacent to an activating group) is 1.